The van der Waals surface area contributed by atoms with Gasteiger partial charge in [0, 0.05) is 18.7 Å². The number of aliphatic hydroxyl groups excluding tert-OH is 3. The predicted octanol–water partition coefficient (Wildman–Crippen LogP) is 2.24. The van der Waals surface area contributed by atoms with E-state index in [2.05, 4.69) is 13.2 Å². The number of rotatable bonds is 12. The fourth-order valence-electron chi connectivity index (χ4n) is 3.67. The highest BCUT2D eigenvalue weighted by molar-refractivity contribution is 5.88. The molecule has 0 unspecified atom stereocenters. The molecule has 1 heterocycles. The lowest BCUT2D eigenvalue weighted by Gasteiger charge is -2.39. The number of unbranched alkanes of at least 4 members (excludes halogenated alkanes) is 2. The summed E-state index contributed by atoms with van der Waals surface area (Å²) in [4.78, 5) is 13.4. The number of β-amino-alcohol motifs (C(OH)–C–C–N with tert-alkyl or cyclic N) is 1. The van der Waals surface area contributed by atoms with E-state index < -0.39 is 24.0 Å². The van der Waals surface area contributed by atoms with E-state index >= 15 is 0 Å². The van der Waals surface area contributed by atoms with E-state index in [1.54, 1.807) is 29.2 Å². The molecule has 3 N–H and O–H groups in total. The van der Waals surface area contributed by atoms with Crippen molar-refractivity contribution >= 4 is 11.4 Å². The Morgan fingerprint density at radius 3 is 2.68 bits per heavy atom. The van der Waals surface area contributed by atoms with E-state index in [-0.39, 0.29) is 19.0 Å². The molecule has 1 aromatic carbocycles. The van der Waals surface area contributed by atoms with Crippen LogP contribution >= 0.6 is 0 Å². The van der Waals surface area contributed by atoms with Crippen LogP contribution in [0.1, 0.15) is 30.4 Å². The van der Waals surface area contributed by atoms with Crippen molar-refractivity contribution in [2.45, 2.75) is 44.1 Å². The Morgan fingerprint density at radius 1 is 1.26 bits per heavy atom. The van der Waals surface area contributed by atoms with Crippen molar-refractivity contribution in [3.8, 4) is 0 Å². The molecule has 0 bridgehead atoms. The zero-order valence-corrected chi connectivity index (χ0v) is 17.8. The molecule has 0 spiro atoms. The van der Waals surface area contributed by atoms with E-state index in [1.165, 1.54) is 6.07 Å². The van der Waals surface area contributed by atoms with Crippen molar-refractivity contribution in [2.75, 3.05) is 26.3 Å². The number of carbonyl (C=O) groups excluding carboxylic acids is 1. The smallest absolute Gasteiger partial charge is 0.192 e. The third kappa shape index (κ3) is 6.92. The number of likely N-dealkylation sites (tertiary alicyclic amines) is 1. The number of Topliss-reactive ketones (excluding diaryl/α,β-unsaturated/α-hetero) is 1. The number of allylic oxidation sites excluding steroid dienone is 4. The first-order chi connectivity index (χ1) is 14.9. The Morgan fingerprint density at radius 2 is 2.03 bits per heavy atom. The van der Waals surface area contributed by atoms with E-state index in [0.29, 0.717) is 30.9 Å². The van der Waals surface area contributed by atoms with Crippen LogP contribution in [-0.4, -0.2) is 70.6 Å². The summed E-state index contributed by atoms with van der Waals surface area (Å²) < 4.78 is 20.0. The Bertz CT molecular complexity index is 794. The van der Waals surface area contributed by atoms with Gasteiger partial charge in [0.2, 0.25) is 0 Å². The van der Waals surface area contributed by atoms with Gasteiger partial charge in [-0.15, -0.1) is 0 Å². The normalized spacial score (nSPS) is 22.5. The van der Waals surface area contributed by atoms with E-state index in [9.17, 15) is 24.5 Å². The summed E-state index contributed by atoms with van der Waals surface area (Å²) >= 11 is 0. The van der Waals surface area contributed by atoms with Crippen LogP contribution in [0.15, 0.2) is 49.6 Å². The molecule has 3 atom stereocenters. The van der Waals surface area contributed by atoms with Gasteiger partial charge in [-0.05, 0) is 43.0 Å². The van der Waals surface area contributed by atoms with E-state index in [0.717, 1.165) is 24.8 Å². The first kappa shape index (κ1) is 25.1. The van der Waals surface area contributed by atoms with Crippen LogP contribution in [-0.2, 0) is 16.1 Å². The van der Waals surface area contributed by atoms with Gasteiger partial charge in [-0.2, -0.15) is 0 Å². The van der Waals surface area contributed by atoms with Gasteiger partial charge in [0.05, 0.1) is 19.3 Å². The fourth-order valence-corrected chi connectivity index (χ4v) is 3.67. The van der Waals surface area contributed by atoms with E-state index in [1.807, 2.05) is 6.07 Å². The van der Waals surface area contributed by atoms with Crippen LogP contribution in [0.4, 0.5) is 4.39 Å². The van der Waals surface area contributed by atoms with Crippen LogP contribution < -0.4 is 0 Å². The van der Waals surface area contributed by atoms with Crippen LogP contribution in [0, 0.1) is 5.82 Å². The van der Waals surface area contributed by atoms with Gasteiger partial charge < -0.3 is 20.1 Å². The molecule has 170 valence electrons. The standard InChI is InChI=1S/C24H32FNO5/c1-3-8-18(4-2)19-10-9-17(13-20(19)25)16-31-12-7-5-6-11-26-14-22(28)24(30)23(29)21(26)15-27/h3-4,8-10,13,21-23,27-29H,1-2,5-7,11-12,14-16H2/b18-8+/t21-,22-,23+/m0/s1. The SMILES string of the molecule is C=C/C=C(\C=C)c1ccc(COCCCCCN2C[C@H](O)C(=O)[C@H](O)[C@@H]2CO)cc1F. The molecule has 31 heavy (non-hydrogen) atoms. The molecule has 6 nitrogen and oxygen atoms in total. The van der Waals surface area contributed by atoms with Gasteiger partial charge in [0.15, 0.2) is 5.78 Å². The number of piperidine rings is 1. The molecule has 0 radical (unpaired) electrons. The van der Waals surface area contributed by atoms with Crippen molar-refractivity contribution in [3.05, 3.63) is 66.5 Å². The maximum absolute atomic E-state index is 14.3. The quantitative estimate of drug-likeness (QED) is 0.346. The monoisotopic (exact) mass is 433 g/mol. The van der Waals surface area contributed by atoms with Crippen LogP contribution in [0.2, 0.25) is 0 Å². The molecule has 0 aliphatic carbocycles. The Hall–Kier alpha value is -2.16. The van der Waals surface area contributed by atoms with Crippen molar-refractivity contribution < 1.29 is 29.2 Å². The Labute approximate surface area is 183 Å². The molecule has 0 amide bonds. The number of carbonyl (C=O) groups is 1. The Balaban J connectivity index is 1.70. The second kappa shape index (κ2) is 12.6. The third-order valence-electron chi connectivity index (χ3n) is 5.41. The molecule has 1 fully saturated rings. The molecule has 7 heteroatoms. The van der Waals surface area contributed by atoms with Gasteiger partial charge in [0.25, 0.3) is 0 Å². The molecular formula is C24H32FNO5. The summed E-state index contributed by atoms with van der Waals surface area (Å²) in [5.41, 5.74) is 1.88. The molecular weight excluding hydrogens is 401 g/mol. The number of hydrogen-bond donors (Lipinski definition) is 3. The fraction of sp³-hybridized carbons (Fsp3) is 0.458. The second-order valence-corrected chi connectivity index (χ2v) is 7.60. The van der Waals surface area contributed by atoms with Gasteiger partial charge in [-0.25, -0.2) is 4.39 Å². The maximum Gasteiger partial charge on any atom is 0.192 e. The second-order valence-electron chi connectivity index (χ2n) is 7.60. The van der Waals surface area contributed by atoms with Crippen LogP contribution in [0.3, 0.4) is 0 Å². The van der Waals surface area contributed by atoms with Crippen molar-refractivity contribution in [1.82, 2.24) is 4.90 Å². The minimum Gasteiger partial charge on any atom is -0.395 e. The molecule has 0 aromatic heterocycles. The molecule has 1 aliphatic heterocycles. The summed E-state index contributed by atoms with van der Waals surface area (Å²) in [5.74, 6) is -0.970. The minimum atomic E-state index is -1.36. The zero-order valence-electron chi connectivity index (χ0n) is 17.8. The first-order valence-corrected chi connectivity index (χ1v) is 10.5. The molecule has 1 saturated heterocycles. The van der Waals surface area contributed by atoms with Crippen molar-refractivity contribution in [1.29, 1.82) is 0 Å². The number of halogens is 1. The number of hydrogen-bond acceptors (Lipinski definition) is 6. The summed E-state index contributed by atoms with van der Waals surface area (Å²) in [6.07, 6.45) is 4.71. The highest BCUT2D eigenvalue weighted by Crippen LogP contribution is 2.21. The molecule has 0 saturated carbocycles. The van der Waals surface area contributed by atoms with Gasteiger partial charge in [-0.3, -0.25) is 9.69 Å². The number of benzene rings is 1. The third-order valence-corrected chi connectivity index (χ3v) is 5.41. The predicted molar refractivity (Wildman–Crippen MR) is 118 cm³/mol. The number of ether oxygens (including phenoxy) is 1. The summed E-state index contributed by atoms with van der Waals surface area (Å²) in [6, 6.07) is 4.31. The van der Waals surface area contributed by atoms with Crippen molar-refractivity contribution in [3.63, 3.8) is 0 Å². The zero-order chi connectivity index (χ0) is 22.8. The largest absolute Gasteiger partial charge is 0.395 e. The van der Waals surface area contributed by atoms with Crippen LogP contribution in [0.25, 0.3) is 5.57 Å². The topological polar surface area (TPSA) is 90.2 Å². The molecule has 1 aliphatic rings. The first-order valence-electron chi connectivity index (χ1n) is 10.5. The lowest BCUT2D eigenvalue weighted by molar-refractivity contribution is -0.150. The van der Waals surface area contributed by atoms with Crippen LogP contribution in [0.5, 0.6) is 0 Å². The summed E-state index contributed by atoms with van der Waals surface area (Å²) in [6.45, 7) is 8.48. The van der Waals surface area contributed by atoms with Gasteiger partial charge in [-0.1, -0.05) is 43.5 Å². The van der Waals surface area contributed by atoms with Gasteiger partial charge in [0.1, 0.15) is 18.0 Å². The lowest BCUT2D eigenvalue weighted by Crippen LogP contribution is -2.60. The molecule has 1 aromatic rings. The number of ketones is 1. The lowest BCUT2D eigenvalue weighted by atomic mass is 9.95. The number of aliphatic hydroxyl groups is 3. The Kier molecular flexibility index (Phi) is 10.2. The molecule has 2 rings (SSSR count). The number of nitrogens with zero attached hydrogens (tertiary/aromatic N) is 1. The summed E-state index contributed by atoms with van der Waals surface area (Å²) in [7, 11) is 0. The highest BCUT2D eigenvalue weighted by Gasteiger charge is 2.40. The summed E-state index contributed by atoms with van der Waals surface area (Å²) in [5, 5.41) is 29.1. The maximum atomic E-state index is 14.3. The average molecular weight is 434 g/mol. The van der Waals surface area contributed by atoms with Gasteiger partial charge >= 0.3 is 0 Å². The van der Waals surface area contributed by atoms with E-state index in [4.69, 9.17) is 4.74 Å². The van der Waals surface area contributed by atoms with Crippen molar-refractivity contribution in [2.24, 2.45) is 0 Å². The highest BCUT2D eigenvalue weighted by atomic mass is 19.1. The average Bonchev–Trinajstić information content (AvgIpc) is 2.76. The minimum absolute atomic E-state index is 0.120.